The van der Waals surface area contributed by atoms with Crippen LogP contribution in [0.1, 0.15) is 39.0 Å². The van der Waals surface area contributed by atoms with Crippen molar-refractivity contribution >= 4 is 39.1 Å². The van der Waals surface area contributed by atoms with Crippen LogP contribution in [-0.2, 0) is 4.79 Å². The molecular formula is C15H22BrClN2O2. The number of carbonyl (C=O) groups excluding carboxylic acids is 1. The van der Waals surface area contributed by atoms with Gasteiger partial charge in [-0.2, -0.15) is 0 Å². The van der Waals surface area contributed by atoms with Gasteiger partial charge in [0.2, 0.25) is 5.91 Å². The smallest absolute Gasteiger partial charge is 0.224 e. The Hall–Kier alpha value is -0.780. The van der Waals surface area contributed by atoms with Crippen LogP contribution in [0.3, 0.4) is 0 Å². The number of ether oxygens (including phenoxy) is 1. The molecule has 0 radical (unpaired) electrons. The first-order chi connectivity index (χ1) is 10.1. The third-order valence-electron chi connectivity index (χ3n) is 2.93. The van der Waals surface area contributed by atoms with Crippen LogP contribution in [0.4, 0.5) is 5.69 Å². The fourth-order valence-electron chi connectivity index (χ4n) is 1.94. The molecule has 0 aliphatic rings. The van der Waals surface area contributed by atoms with Gasteiger partial charge in [-0.3, -0.25) is 4.79 Å². The number of carbonyl (C=O) groups is 1. The Bertz CT molecular complexity index is 469. The fourth-order valence-corrected chi connectivity index (χ4v) is 2.87. The average molecular weight is 378 g/mol. The highest BCUT2D eigenvalue weighted by Gasteiger charge is 2.12. The predicted octanol–water partition coefficient (Wildman–Crippen LogP) is 4.35. The Kier molecular flexibility index (Phi) is 8.73. The van der Waals surface area contributed by atoms with E-state index in [1.54, 1.807) is 12.1 Å². The van der Waals surface area contributed by atoms with E-state index in [-0.39, 0.29) is 5.91 Å². The van der Waals surface area contributed by atoms with E-state index in [0.717, 1.165) is 30.2 Å². The molecule has 0 saturated heterocycles. The van der Waals surface area contributed by atoms with Gasteiger partial charge in [0.1, 0.15) is 0 Å². The van der Waals surface area contributed by atoms with Gasteiger partial charge in [0.15, 0.2) is 5.75 Å². The highest BCUT2D eigenvalue weighted by Crippen LogP contribution is 2.36. The largest absolute Gasteiger partial charge is 0.491 e. The summed E-state index contributed by atoms with van der Waals surface area (Å²) in [4.78, 5) is 12.0. The molecule has 1 aromatic carbocycles. The second-order valence-corrected chi connectivity index (χ2v) is 5.99. The van der Waals surface area contributed by atoms with Crippen LogP contribution >= 0.6 is 27.5 Å². The first-order valence-corrected chi connectivity index (χ1v) is 8.37. The van der Waals surface area contributed by atoms with Crippen LogP contribution in [0, 0.1) is 0 Å². The lowest BCUT2D eigenvalue weighted by atomic mass is 10.1. The van der Waals surface area contributed by atoms with E-state index < -0.39 is 0 Å². The number of unbranched alkanes of at least 4 members (excludes halogenated alkanes) is 3. The molecule has 1 amide bonds. The van der Waals surface area contributed by atoms with Crippen LogP contribution in [0.15, 0.2) is 16.6 Å². The second kappa shape index (κ2) is 10.0. The quantitative estimate of drug-likeness (QED) is 0.629. The van der Waals surface area contributed by atoms with E-state index in [2.05, 4.69) is 21.2 Å². The monoisotopic (exact) mass is 376 g/mol. The lowest BCUT2D eigenvalue weighted by molar-refractivity contribution is -0.116. The van der Waals surface area contributed by atoms with Crippen molar-refractivity contribution in [1.29, 1.82) is 0 Å². The van der Waals surface area contributed by atoms with Gasteiger partial charge in [-0.15, -0.1) is 0 Å². The molecule has 0 spiro atoms. The summed E-state index contributed by atoms with van der Waals surface area (Å²) in [7, 11) is 0. The van der Waals surface area contributed by atoms with Gasteiger partial charge in [0.25, 0.3) is 0 Å². The van der Waals surface area contributed by atoms with Crippen molar-refractivity contribution < 1.29 is 9.53 Å². The minimum atomic E-state index is -0.0298. The molecule has 0 aromatic heterocycles. The number of rotatable bonds is 9. The Morgan fingerprint density at radius 1 is 1.33 bits per heavy atom. The summed E-state index contributed by atoms with van der Waals surface area (Å²) >= 11 is 9.42. The minimum absolute atomic E-state index is 0.0298. The molecule has 1 rings (SSSR count). The SMILES string of the molecule is CCOc1c(Br)cc(Cl)cc1NC(=O)CCCCCCN. The minimum Gasteiger partial charge on any atom is -0.491 e. The average Bonchev–Trinajstić information content (AvgIpc) is 2.42. The zero-order valence-corrected chi connectivity index (χ0v) is 14.6. The van der Waals surface area contributed by atoms with Crippen molar-refractivity contribution in [2.45, 2.75) is 39.0 Å². The van der Waals surface area contributed by atoms with Crippen molar-refractivity contribution in [3.05, 3.63) is 21.6 Å². The molecule has 0 aliphatic heterocycles. The summed E-state index contributed by atoms with van der Waals surface area (Å²) in [5, 5.41) is 3.41. The molecule has 0 unspecified atom stereocenters. The molecule has 118 valence electrons. The summed E-state index contributed by atoms with van der Waals surface area (Å²) < 4.78 is 6.28. The lowest BCUT2D eigenvalue weighted by Crippen LogP contribution is -2.12. The van der Waals surface area contributed by atoms with Gasteiger partial charge in [0.05, 0.1) is 16.8 Å². The number of nitrogens with one attached hydrogen (secondary N) is 1. The van der Waals surface area contributed by atoms with Gasteiger partial charge >= 0.3 is 0 Å². The number of hydrogen-bond donors (Lipinski definition) is 2. The maximum absolute atomic E-state index is 12.0. The molecule has 3 N–H and O–H groups in total. The third-order valence-corrected chi connectivity index (χ3v) is 3.74. The predicted molar refractivity (Wildman–Crippen MR) is 91.1 cm³/mol. The van der Waals surface area contributed by atoms with E-state index in [9.17, 15) is 4.79 Å². The number of halogens is 2. The number of amides is 1. The summed E-state index contributed by atoms with van der Waals surface area (Å²) in [5.74, 6) is 0.580. The van der Waals surface area contributed by atoms with Crippen molar-refractivity contribution in [3.8, 4) is 5.75 Å². The summed E-state index contributed by atoms with van der Waals surface area (Å²) in [5.41, 5.74) is 6.04. The van der Waals surface area contributed by atoms with Crippen LogP contribution in [0.2, 0.25) is 5.02 Å². The van der Waals surface area contributed by atoms with Crippen molar-refractivity contribution in [1.82, 2.24) is 0 Å². The zero-order chi connectivity index (χ0) is 15.7. The molecule has 0 bridgehead atoms. The fraction of sp³-hybridized carbons (Fsp3) is 0.533. The summed E-state index contributed by atoms with van der Waals surface area (Å²) in [6.07, 6.45) is 4.44. The van der Waals surface area contributed by atoms with Crippen LogP contribution in [0.25, 0.3) is 0 Å². The number of hydrogen-bond acceptors (Lipinski definition) is 3. The van der Waals surface area contributed by atoms with Gasteiger partial charge in [-0.1, -0.05) is 24.4 Å². The molecule has 0 aliphatic carbocycles. The highest BCUT2D eigenvalue weighted by atomic mass is 79.9. The molecule has 0 atom stereocenters. The Labute approximate surface area is 139 Å². The normalized spacial score (nSPS) is 10.5. The number of anilines is 1. The molecule has 0 heterocycles. The lowest BCUT2D eigenvalue weighted by Gasteiger charge is -2.14. The van der Waals surface area contributed by atoms with Crippen LogP contribution in [0.5, 0.6) is 5.75 Å². The maximum atomic E-state index is 12.0. The van der Waals surface area contributed by atoms with Crippen molar-refractivity contribution in [2.24, 2.45) is 5.73 Å². The third kappa shape index (κ3) is 6.68. The standard InChI is InChI=1S/C15H22BrClN2O2/c1-2-21-15-12(16)9-11(17)10-13(15)19-14(20)7-5-3-4-6-8-18/h9-10H,2-8,18H2,1H3,(H,19,20). The molecular weight excluding hydrogens is 356 g/mol. The topological polar surface area (TPSA) is 64.3 Å². The van der Waals surface area contributed by atoms with E-state index in [0.29, 0.717) is 36.0 Å². The van der Waals surface area contributed by atoms with E-state index in [4.69, 9.17) is 22.1 Å². The van der Waals surface area contributed by atoms with Crippen molar-refractivity contribution in [3.63, 3.8) is 0 Å². The summed E-state index contributed by atoms with van der Waals surface area (Å²) in [6.45, 7) is 3.12. The van der Waals surface area contributed by atoms with Gasteiger partial charge in [-0.25, -0.2) is 0 Å². The number of benzene rings is 1. The number of nitrogens with two attached hydrogens (primary N) is 1. The first-order valence-electron chi connectivity index (χ1n) is 7.20. The zero-order valence-electron chi connectivity index (χ0n) is 12.3. The first kappa shape index (κ1) is 18.3. The summed E-state index contributed by atoms with van der Waals surface area (Å²) in [6, 6.07) is 3.44. The molecule has 0 fully saturated rings. The van der Waals surface area contributed by atoms with Crippen LogP contribution < -0.4 is 15.8 Å². The van der Waals surface area contributed by atoms with E-state index in [1.165, 1.54) is 0 Å². The van der Waals surface area contributed by atoms with Gasteiger partial charge in [-0.05, 0) is 54.4 Å². The molecule has 0 saturated carbocycles. The maximum Gasteiger partial charge on any atom is 0.224 e. The second-order valence-electron chi connectivity index (χ2n) is 4.70. The van der Waals surface area contributed by atoms with E-state index in [1.807, 2.05) is 6.92 Å². The van der Waals surface area contributed by atoms with Gasteiger partial charge < -0.3 is 15.8 Å². The van der Waals surface area contributed by atoms with E-state index >= 15 is 0 Å². The van der Waals surface area contributed by atoms with Crippen molar-refractivity contribution in [2.75, 3.05) is 18.5 Å². The highest BCUT2D eigenvalue weighted by molar-refractivity contribution is 9.10. The molecule has 6 heteroatoms. The molecule has 21 heavy (non-hydrogen) atoms. The molecule has 1 aromatic rings. The Balaban J connectivity index is 2.58. The van der Waals surface area contributed by atoms with Gasteiger partial charge in [0, 0.05) is 11.4 Å². The van der Waals surface area contributed by atoms with Crippen LogP contribution in [-0.4, -0.2) is 19.1 Å². The Morgan fingerprint density at radius 3 is 2.71 bits per heavy atom. The molecule has 4 nitrogen and oxygen atoms in total. The Morgan fingerprint density at radius 2 is 2.05 bits per heavy atom.